The standard InChI is InChI=1S/C11H15F2N/c1-7-9(4-5-14-3)8(2)11(13)6-10(7)12/h6,14H,4-5H2,1-3H3. The minimum Gasteiger partial charge on any atom is -0.319 e. The Morgan fingerprint density at radius 1 is 1.14 bits per heavy atom. The molecule has 1 aromatic rings. The summed E-state index contributed by atoms with van der Waals surface area (Å²) in [5, 5.41) is 2.96. The number of hydrogen-bond donors (Lipinski definition) is 1. The number of rotatable bonds is 3. The van der Waals surface area contributed by atoms with Crippen LogP contribution in [0.1, 0.15) is 16.7 Å². The maximum Gasteiger partial charge on any atom is 0.129 e. The molecule has 1 aromatic carbocycles. The van der Waals surface area contributed by atoms with Gasteiger partial charge in [-0.25, -0.2) is 8.78 Å². The second-order valence-electron chi connectivity index (χ2n) is 3.42. The summed E-state index contributed by atoms with van der Waals surface area (Å²) >= 11 is 0. The van der Waals surface area contributed by atoms with E-state index < -0.39 is 11.6 Å². The van der Waals surface area contributed by atoms with Crippen LogP contribution in [0, 0.1) is 25.5 Å². The molecule has 0 unspecified atom stereocenters. The maximum atomic E-state index is 13.2. The lowest BCUT2D eigenvalue weighted by Crippen LogP contribution is -2.13. The highest BCUT2D eigenvalue weighted by molar-refractivity contribution is 5.36. The molecule has 0 aliphatic heterocycles. The third kappa shape index (κ3) is 2.10. The van der Waals surface area contributed by atoms with Crippen LogP contribution in [0.3, 0.4) is 0 Å². The molecule has 0 spiro atoms. The van der Waals surface area contributed by atoms with Crippen LogP contribution in [-0.4, -0.2) is 13.6 Å². The highest BCUT2D eigenvalue weighted by Crippen LogP contribution is 2.20. The molecule has 0 aromatic heterocycles. The average Bonchev–Trinajstić information content (AvgIpc) is 2.15. The first-order valence-electron chi connectivity index (χ1n) is 4.66. The predicted octanol–water partition coefficient (Wildman–Crippen LogP) is 2.34. The molecular weight excluding hydrogens is 184 g/mol. The van der Waals surface area contributed by atoms with E-state index in [9.17, 15) is 8.78 Å². The summed E-state index contributed by atoms with van der Waals surface area (Å²) in [6.45, 7) is 4.10. The van der Waals surface area contributed by atoms with Gasteiger partial charge in [-0.15, -0.1) is 0 Å². The Morgan fingerprint density at radius 3 is 2.07 bits per heavy atom. The fourth-order valence-electron chi connectivity index (χ4n) is 1.52. The van der Waals surface area contributed by atoms with Crippen molar-refractivity contribution in [2.24, 2.45) is 0 Å². The van der Waals surface area contributed by atoms with Gasteiger partial charge in [0, 0.05) is 6.07 Å². The van der Waals surface area contributed by atoms with Crippen molar-refractivity contribution in [3.63, 3.8) is 0 Å². The van der Waals surface area contributed by atoms with Crippen molar-refractivity contribution < 1.29 is 8.78 Å². The molecule has 0 aliphatic rings. The van der Waals surface area contributed by atoms with E-state index in [0.717, 1.165) is 18.2 Å². The van der Waals surface area contributed by atoms with E-state index in [-0.39, 0.29) is 0 Å². The lowest BCUT2D eigenvalue weighted by atomic mass is 9.99. The van der Waals surface area contributed by atoms with Crippen molar-refractivity contribution in [1.29, 1.82) is 0 Å². The second-order valence-corrected chi connectivity index (χ2v) is 3.42. The van der Waals surface area contributed by atoms with Crippen LogP contribution in [0.5, 0.6) is 0 Å². The predicted molar refractivity (Wildman–Crippen MR) is 53.5 cm³/mol. The van der Waals surface area contributed by atoms with Crippen molar-refractivity contribution in [1.82, 2.24) is 5.32 Å². The highest BCUT2D eigenvalue weighted by Gasteiger charge is 2.11. The van der Waals surface area contributed by atoms with Crippen molar-refractivity contribution in [2.45, 2.75) is 20.3 Å². The summed E-state index contributed by atoms with van der Waals surface area (Å²) in [4.78, 5) is 0. The van der Waals surface area contributed by atoms with Gasteiger partial charge < -0.3 is 5.32 Å². The van der Waals surface area contributed by atoms with E-state index in [0.29, 0.717) is 17.5 Å². The topological polar surface area (TPSA) is 12.0 Å². The first kappa shape index (κ1) is 11.1. The van der Waals surface area contributed by atoms with Crippen LogP contribution in [0.4, 0.5) is 8.78 Å². The number of halogens is 2. The Kier molecular flexibility index (Phi) is 3.58. The molecule has 0 saturated heterocycles. The molecule has 1 rings (SSSR count). The van der Waals surface area contributed by atoms with Crippen LogP contribution in [0.25, 0.3) is 0 Å². The normalized spacial score (nSPS) is 10.6. The van der Waals surface area contributed by atoms with Crippen molar-refractivity contribution in [3.8, 4) is 0 Å². The molecule has 0 aliphatic carbocycles. The summed E-state index contributed by atoms with van der Waals surface area (Å²) in [6.07, 6.45) is 0.656. The molecule has 0 amide bonds. The molecule has 0 saturated carbocycles. The zero-order valence-electron chi connectivity index (χ0n) is 8.75. The Morgan fingerprint density at radius 2 is 1.64 bits per heavy atom. The van der Waals surface area contributed by atoms with Gasteiger partial charge in [0.1, 0.15) is 11.6 Å². The fourth-order valence-corrected chi connectivity index (χ4v) is 1.52. The molecule has 78 valence electrons. The molecule has 0 heterocycles. The van der Waals surface area contributed by atoms with Crippen LogP contribution in [-0.2, 0) is 6.42 Å². The first-order valence-corrected chi connectivity index (χ1v) is 4.66. The maximum absolute atomic E-state index is 13.2. The summed E-state index contributed by atoms with van der Waals surface area (Å²) in [5.41, 5.74) is 1.88. The van der Waals surface area contributed by atoms with Gasteiger partial charge in [-0.3, -0.25) is 0 Å². The van der Waals surface area contributed by atoms with Crippen molar-refractivity contribution in [2.75, 3.05) is 13.6 Å². The summed E-state index contributed by atoms with van der Waals surface area (Å²) in [7, 11) is 1.82. The highest BCUT2D eigenvalue weighted by atomic mass is 19.1. The number of likely N-dealkylation sites (N-methyl/N-ethyl adjacent to an activating group) is 1. The van der Waals surface area contributed by atoms with E-state index in [1.54, 1.807) is 13.8 Å². The van der Waals surface area contributed by atoms with Gasteiger partial charge in [0.25, 0.3) is 0 Å². The largest absolute Gasteiger partial charge is 0.319 e. The minimum atomic E-state index is -0.459. The van der Waals surface area contributed by atoms with Gasteiger partial charge in [-0.2, -0.15) is 0 Å². The lowest BCUT2D eigenvalue weighted by molar-refractivity contribution is 0.565. The SMILES string of the molecule is CNCCc1c(C)c(F)cc(F)c1C. The van der Waals surface area contributed by atoms with Gasteiger partial charge in [0.2, 0.25) is 0 Å². The summed E-state index contributed by atoms with van der Waals surface area (Å²) in [5.74, 6) is -0.918. The fraction of sp³-hybridized carbons (Fsp3) is 0.455. The van der Waals surface area contributed by atoms with Crippen molar-refractivity contribution >= 4 is 0 Å². The third-order valence-corrected chi connectivity index (χ3v) is 2.50. The molecule has 3 heteroatoms. The molecule has 0 fully saturated rings. The van der Waals surface area contributed by atoms with Crippen molar-refractivity contribution in [3.05, 3.63) is 34.4 Å². The molecule has 1 nitrogen and oxygen atoms in total. The van der Waals surface area contributed by atoms with E-state index in [1.165, 1.54) is 0 Å². The third-order valence-electron chi connectivity index (χ3n) is 2.50. The minimum absolute atomic E-state index is 0.459. The van der Waals surface area contributed by atoms with Gasteiger partial charge in [0.15, 0.2) is 0 Å². The Balaban J connectivity index is 3.11. The van der Waals surface area contributed by atoms with Crippen LogP contribution >= 0.6 is 0 Å². The molecular formula is C11H15F2N. The zero-order valence-corrected chi connectivity index (χ0v) is 8.75. The number of nitrogens with one attached hydrogen (secondary N) is 1. The Bertz CT molecular complexity index is 308. The van der Waals surface area contributed by atoms with Gasteiger partial charge in [0.05, 0.1) is 0 Å². The lowest BCUT2D eigenvalue weighted by Gasteiger charge is -2.11. The van der Waals surface area contributed by atoms with Crippen LogP contribution in [0.15, 0.2) is 6.07 Å². The van der Waals surface area contributed by atoms with Crippen LogP contribution in [0.2, 0.25) is 0 Å². The average molecular weight is 199 g/mol. The van der Waals surface area contributed by atoms with E-state index >= 15 is 0 Å². The Hall–Kier alpha value is -0.960. The quantitative estimate of drug-likeness (QED) is 0.788. The number of benzene rings is 1. The zero-order chi connectivity index (χ0) is 10.7. The summed E-state index contributed by atoms with van der Waals surface area (Å²) < 4.78 is 26.4. The van der Waals surface area contributed by atoms with Gasteiger partial charge >= 0.3 is 0 Å². The van der Waals surface area contributed by atoms with E-state index in [2.05, 4.69) is 5.32 Å². The molecule has 0 atom stereocenters. The second kappa shape index (κ2) is 4.51. The number of hydrogen-bond acceptors (Lipinski definition) is 1. The molecule has 0 bridgehead atoms. The van der Waals surface area contributed by atoms with Gasteiger partial charge in [-0.1, -0.05) is 0 Å². The van der Waals surface area contributed by atoms with Crippen LogP contribution < -0.4 is 5.32 Å². The molecule has 14 heavy (non-hydrogen) atoms. The summed E-state index contributed by atoms with van der Waals surface area (Å²) in [6, 6.07) is 0.952. The first-order chi connectivity index (χ1) is 6.57. The smallest absolute Gasteiger partial charge is 0.129 e. The monoisotopic (exact) mass is 199 g/mol. The van der Waals surface area contributed by atoms with E-state index in [1.807, 2.05) is 7.05 Å². The van der Waals surface area contributed by atoms with Gasteiger partial charge in [-0.05, 0) is 50.6 Å². The molecule has 1 N–H and O–H groups in total. The molecule has 0 radical (unpaired) electrons. The Labute approximate surface area is 83.1 Å². The van der Waals surface area contributed by atoms with E-state index in [4.69, 9.17) is 0 Å².